The molecule has 0 amide bonds. The Morgan fingerprint density at radius 2 is 2.05 bits per heavy atom. The molecule has 1 heterocycles. The Kier molecular flexibility index (Phi) is 6.15. The summed E-state index contributed by atoms with van der Waals surface area (Å²) in [5, 5.41) is 0. The molecular formula is C17H26F2N2O. The smallest absolute Gasteiger partial charge is 0.167 e. The van der Waals surface area contributed by atoms with Crippen LogP contribution in [0.25, 0.3) is 0 Å². The lowest BCUT2D eigenvalue weighted by Crippen LogP contribution is -2.40. The van der Waals surface area contributed by atoms with Gasteiger partial charge in [-0.1, -0.05) is 6.42 Å². The SMILES string of the molecule is COc1ccc(F)c(F)c1CN1CCCC[C@@H]1CCN(C)C. The molecule has 0 unspecified atom stereocenters. The third-order valence-corrected chi connectivity index (χ3v) is 4.39. The third kappa shape index (κ3) is 4.17. The number of hydrogen-bond donors (Lipinski definition) is 0. The van der Waals surface area contributed by atoms with Gasteiger partial charge in [-0.15, -0.1) is 0 Å². The number of methoxy groups -OCH3 is 1. The van der Waals surface area contributed by atoms with Crippen LogP contribution in [0.1, 0.15) is 31.2 Å². The predicted octanol–water partition coefficient (Wildman–Crippen LogP) is 3.28. The molecule has 3 nitrogen and oxygen atoms in total. The quantitative estimate of drug-likeness (QED) is 0.802. The summed E-state index contributed by atoms with van der Waals surface area (Å²) in [5.41, 5.74) is 0.333. The molecule has 0 N–H and O–H groups in total. The van der Waals surface area contributed by atoms with E-state index in [1.54, 1.807) is 0 Å². The first kappa shape index (κ1) is 17.2. The Bertz CT molecular complexity index is 494. The van der Waals surface area contributed by atoms with Gasteiger partial charge in [-0.2, -0.15) is 0 Å². The van der Waals surface area contributed by atoms with Gasteiger partial charge in [0.05, 0.1) is 7.11 Å². The van der Waals surface area contributed by atoms with Crippen LogP contribution in [-0.2, 0) is 6.54 Å². The molecule has 1 aliphatic heterocycles. The van der Waals surface area contributed by atoms with E-state index in [1.807, 2.05) is 0 Å². The second kappa shape index (κ2) is 7.88. The topological polar surface area (TPSA) is 15.7 Å². The number of benzene rings is 1. The van der Waals surface area contributed by atoms with Crippen molar-refractivity contribution in [2.45, 2.75) is 38.3 Å². The maximum absolute atomic E-state index is 14.2. The highest BCUT2D eigenvalue weighted by molar-refractivity contribution is 5.35. The van der Waals surface area contributed by atoms with Crippen LogP contribution in [0.15, 0.2) is 12.1 Å². The molecule has 0 aliphatic carbocycles. The van der Waals surface area contributed by atoms with Gasteiger partial charge in [0.2, 0.25) is 0 Å². The summed E-state index contributed by atoms with van der Waals surface area (Å²) in [5.74, 6) is -1.16. The van der Waals surface area contributed by atoms with Crippen molar-refractivity contribution in [1.29, 1.82) is 0 Å². The van der Waals surface area contributed by atoms with Gasteiger partial charge in [0, 0.05) is 18.2 Å². The van der Waals surface area contributed by atoms with E-state index < -0.39 is 11.6 Å². The van der Waals surface area contributed by atoms with Gasteiger partial charge in [-0.25, -0.2) is 8.78 Å². The molecule has 0 aromatic heterocycles. The third-order valence-electron chi connectivity index (χ3n) is 4.39. The van der Waals surface area contributed by atoms with Crippen molar-refractivity contribution in [3.8, 4) is 5.75 Å². The summed E-state index contributed by atoms with van der Waals surface area (Å²) >= 11 is 0. The van der Waals surface area contributed by atoms with Crippen LogP contribution >= 0.6 is 0 Å². The van der Waals surface area contributed by atoms with Gasteiger partial charge in [0.15, 0.2) is 11.6 Å². The number of likely N-dealkylation sites (tertiary alicyclic amines) is 1. The van der Waals surface area contributed by atoms with Crippen molar-refractivity contribution >= 4 is 0 Å². The average molecular weight is 312 g/mol. The highest BCUT2D eigenvalue weighted by Gasteiger charge is 2.25. The highest BCUT2D eigenvalue weighted by Crippen LogP contribution is 2.29. The second-order valence-electron chi connectivity index (χ2n) is 6.25. The highest BCUT2D eigenvalue weighted by atomic mass is 19.2. The Balaban J connectivity index is 2.14. The summed E-state index contributed by atoms with van der Waals surface area (Å²) in [6.07, 6.45) is 4.48. The van der Waals surface area contributed by atoms with E-state index in [0.717, 1.165) is 38.4 Å². The Hall–Kier alpha value is -1.20. The summed E-state index contributed by atoms with van der Waals surface area (Å²) < 4.78 is 32.9. The molecule has 1 saturated heterocycles. The van der Waals surface area contributed by atoms with Gasteiger partial charge in [0.25, 0.3) is 0 Å². The summed E-state index contributed by atoms with van der Waals surface area (Å²) in [4.78, 5) is 4.43. The molecule has 1 aromatic carbocycles. The molecule has 1 aliphatic rings. The fraction of sp³-hybridized carbons (Fsp3) is 0.647. The van der Waals surface area contributed by atoms with Crippen LogP contribution in [0.4, 0.5) is 8.78 Å². The molecule has 1 atom stereocenters. The number of rotatable bonds is 6. The second-order valence-corrected chi connectivity index (χ2v) is 6.25. The van der Waals surface area contributed by atoms with Crippen LogP contribution in [0.3, 0.4) is 0 Å². The molecule has 0 saturated carbocycles. The van der Waals surface area contributed by atoms with Crippen molar-refractivity contribution < 1.29 is 13.5 Å². The van der Waals surface area contributed by atoms with Crippen molar-refractivity contribution in [1.82, 2.24) is 9.80 Å². The zero-order valence-corrected chi connectivity index (χ0v) is 13.7. The molecule has 0 spiro atoms. The van der Waals surface area contributed by atoms with E-state index in [1.165, 1.54) is 19.6 Å². The van der Waals surface area contributed by atoms with E-state index in [2.05, 4.69) is 23.9 Å². The van der Waals surface area contributed by atoms with E-state index in [0.29, 0.717) is 23.9 Å². The zero-order chi connectivity index (χ0) is 16.1. The lowest BCUT2D eigenvalue weighted by molar-refractivity contribution is 0.121. The number of ether oxygens (including phenoxy) is 1. The molecule has 0 bridgehead atoms. The van der Waals surface area contributed by atoms with E-state index >= 15 is 0 Å². The molecule has 1 fully saturated rings. The van der Waals surface area contributed by atoms with E-state index in [-0.39, 0.29) is 0 Å². The lowest BCUT2D eigenvalue weighted by atomic mass is 9.98. The fourth-order valence-corrected chi connectivity index (χ4v) is 3.12. The first-order chi connectivity index (χ1) is 10.5. The van der Waals surface area contributed by atoms with Crippen LogP contribution in [0.2, 0.25) is 0 Å². The molecule has 0 radical (unpaired) electrons. The standard InChI is InChI=1S/C17H26F2N2O/c1-20(2)11-9-13-6-4-5-10-21(13)12-14-16(22-3)8-7-15(18)17(14)19/h7-8,13H,4-6,9-12H2,1-3H3/t13-/m1/s1. The molecule has 124 valence electrons. The first-order valence-electron chi connectivity index (χ1n) is 7.92. The minimum absolute atomic E-state index is 0.333. The Labute approximate surface area is 131 Å². The lowest BCUT2D eigenvalue weighted by Gasteiger charge is -2.36. The minimum atomic E-state index is -0.808. The van der Waals surface area contributed by atoms with Crippen molar-refractivity contribution in [3.63, 3.8) is 0 Å². The van der Waals surface area contributed by atoms with Gasteiger partial charge in [0.1, 0.15) is 5.75 Å². The minimum Gasteiger partial charge on any atom is -0.496 e. The summed E-state index contributed by atoms with van der Waals surface area (Å²) in [7, 11) is 5.61. The van der Waals surface area contributed by atoms with Crippen LogP contribution < -0.4 is 4.74 Å². The van der Waals surface area contributed by atoms with Gasteiger partial charge >= 0.3 is 0 Å². The molecule has 1 aromatic rings. The number of hydrogen-bond acceptors (Lipinski definition) is 3. The fourth-order valence-electron chi connectivity index (χ4n) is 3.12. The number of halogens is 2. The first-order valence-corrected chi connectivity index (χ1v) is 7.92. The van der Waals surface area contributed by atoms with Gasteiger partial charge < -0.3 is 9.64 Å². The Morgan fingerprint density at radius 3 is 2.73 bits per heavy atom. The van der Waals surface area contributed by atoms with Crippen LogP contribution in [0.5, 0.6) is 5.75 Å². The zero-order valence-electron chi connectivity index (χ0n) is 13.7. The van der Waals surface area contributed by atoms with Gasteiger partial charge in [-0.3, -0.25) is 4.90 Å². The van der Waals surface area contributed by atoms with E-state index in [9.17, 15) is 8.78 Å². The molecular weight excluding hydrogens is 286 g/mol. The Morgan fingerprint density at radius 1 is 1.27 bits per heavy atom. The number of piperidine rings is 1. The van der Waals surface area contributed by atoms with Crippen LogP contribution in [-0.4, -0.2) is 50.1 Å². The van der Waals surface area contributed by atoms with Crippen molar-refractivity contribution in [2.75, 3.05) is 34.3 Å². The maximum atomic E-state index is 14.2. The van der Waals surface area contributed by atoms with Crippen LogP contribution in [0, 0.1) is 11.6 Å². The predicted molar refractivity (Wildman–Crippen MR) is 84.1 cm³/mol. The normalized spacial score (nSPS) is 19.6. The maximum Gasteiger partial charge on any atom is 0.167 e. The number of nitrogens with zero attached hydrogens (tertiary/aromatic N) is 2. The average Bonchev–Trinajstić information content (AvgIpc) is 2.51. The van der Waals surface area contributed by atoms with Crippen molar-refractivity contribution in [3.05, 3.63) is 29.3 Å². The molecule has 2 rings (SSSR count). The summed E-state index contributed by atoms with van der Waals surface area (Å²) in [6.45, 7) is 2.34. The van der Waals surface area contributed by atoms with Crippen molar-refractivity contribution in [2.24, 2.45) is 0 Å². The van der Waals surface area contributed by atoms with Gasteiger partial charge in [-0.05, 0) is 58.6 Å². The molecule has 22 heavy (non-hydrogen) atoms. The summed E-state index contributed by atoms with van der Waals surface area (Å²) in [6, 6.07) is 3.05. The molecule has 5 heteroatoms. The monoisotopic (exact) mass is 312 g/mol. The largest absolute Gasteiger partial charge is 0.496 e. The van der Waals surface area contributed by atoms with E-state index in [4.69, 9.17) is 4.74 Å².